The van der Waals surface area contributed by atoms with E-state index in [0.29, 0.717) is 11.7 Å². The van der Waals surface area contributed by atoms with E-state index in [4.69, 9.17) is 4.98 Å². The van der Waals surface area contributed by atoms with Crippen molar-refractivity contribution in [2.75, 3.05) is 12.3 Å². The van der Waals surface area contributed by atoms with Crippen LogP contribution in [0.1, 0.15) is 34.2 Å². The van der Waals surface area contributed by atoms with Crippen molar-refractivity contribution in [3.8, 4) is 0 Å². The van der Waals surface area contributed by atoms with Crippen molar-refractivity contribution in [2.24, 2.45) is 0 Å². The summed E-state index contributed by atoms with van der Waals surface area (Å²) in [4.78, 5) is 45.1. The molecule has 0 spiro atoms. The summed E-state index contributed by atoms with van der Waals surface area (Å²) in [7, 11) is 0. The molecule has 1 aliphatic carbocycles. The van der Waals surface area contributed by atoms with Crippen LogP contribution in [0.25, 0.3) is 10.2 Å². The van der Waals surface area contributed by atoms with Crippen LogP contribution in [0.5, 0.6) is 0 Å². The number of nitrogens with zero attached hydrogens (tertiary/aromatic N) is 3. The molecule has 6 nitrogen and oxygen atoms in total. The Morgan fingerprint density at radius 1 is 1.13 bits per heavy atom. The topological polar surface area (TPSA) is 72.3 Å². The Labute approximate surface area is 181 Å². The van der Waals surface area contributed by atoms with E-state index in [1.54, 1.807) is 15.9 Å². The first-order valence-electron chi connectivity index (χ1n) is 10.1. The molecule has 1 saturated heterocycles. The highest BCUT2D eigenvalue weighted by molar-refractivity contribution is 8.14. The quantitative estimate of drug-likeness (QED) is 0.619. The number of hydrogen-bond donors (Lipinski definition) is 0. The van der Waals surface area contributed by atoms with Gasteiger partial charge in [-0.3, -0.25) is 23.9 Å². The Hall–Kier alpha value is -2.45. The molecule has 3 heterocycles. The molecule has 2 aromatic heterocycles. The highest BCUT2D eigenvalue weighted by Gasteiger charge is 2.30. The van der Waals surface area contributed by atoms with Crippen LogP contribution in [0.4, 0.5) is 4.79 Å². The molecule has 8 heteroatoms. The average molecular weight is 440 g/mol. The van der Waals surface area contributed by atoms with Gasteiger partial charge in [0.05, 0.1) is 11.1 Å². The normalized spacial score (nSPS) is 19.0. The average Bonchev–Trinajstić information content (AvgIpc) is 3.27. The van der Waals surface area contributed by atoms with Gasteiger partial charge in [0.1, 0.15) is 10.7 Å². The molecule has 1 fully saturated rings. The van der Waals surface area contributed by atoms with Crippen LogP contribution in [-0.2, 0) is 24.2 Å². The minimum absolute atomic E-state index is 0.0556. The van der Waals surface area contributed by atoms with E-state index < -0.39 is 0 Å². The molecule has 1 aliphatic heterocycles. The van der Waals surface area contributed by atoms with Gasteiger partial charge in [-0.2, -0.15) is 0 Å². The van der Waals surface area contributed by atoms with Crippen molar-refractivity contribution in [3.63, 3.8) is 0 Å². The Bertz CT molecular complexity index is 1200. The Morgan fingerprint density at radius 2 is 1.93 bits per heavy atom. The van der Waals surface area contributed by atoms with Crippen LogP contribution >= 0.6 is 23.1 Å². The number of fused-ring (bicyclic) bond motifs is 3. The van der Waals surface area contributed by atoms with Gasteiger partial charge in [-0.15, -0.1) is 11.3 Å². The number of carbonyl (C=O) groups excluding carboxylic acids is 2. The summed E-state index contributed by atoms with van der Waals surface area (Å²) in [5.41, 5.74) is 2.43. The smallest absolute Gasteiger partial charge is 0.288 e. The van der Waals surface area contributed by atoms with Crippen molar-refractivity contribution in [1.29, 1.82) is 0 Å². The van der Waals surface area contributed by atoms with Crippen LogP contribution in [0, 0.1) is 6.92 Å². The van der Waals surface area contributed by atoms with Crippen LogP contribution in [0.15, 0.2) is 35.1 Å². The summed E-state index contributed by atoms with van der Waals surface area (Å²) in [6.07, 6.45) is 2.83. The zero-order valence-corrected chi connectivity index (χ0v) is 18.2. The standard InChI is InChI=1S/C22H21N3O3S2/c1-13-23-20-19(21(27)24(13)9-10-25-18(26)12-29-22(25)28)16-8-7-15(11-17(16)30-20)14-5-3-2-4-6-14/h2-6,15H,7-12H2,1H3. The number of aromatic nitrogens is 2. The molecule has 1 aromatic carbocycles. The summed E-state index contributed by atoms with van der Waals surface area (Å²) < 4.78 is 1.61. The molecule has 0 saturated carbocycles. The minimum Gasteiger partial charge on any atom is -0.294 e. The predicted molar refractivity (Wildman–Crippen MR) is 119 cm³/mol. The molecular formula is C22H21N3O3S2. The Morgan fingerprint density at radius 3 is 2.67 bits per heavy atom. The van der Waals surface area contributed by atoms with Gasteiger partial charge in [-0.25, -0.2) is 4.98 Å². The number of carbonyl (C=O) groups is 2. The van der Waals surface area contributed by atoms with Crippen molar-refractivity contribution < 1.29 is 9.59 Å². The SMILES string of the molecule is Cc1nc2sc3c(c2c(=O)n1CCN1C(=O)CSC1=O)CCC(c1ccccc1)C3. The van der Waals surface area contributed by atoms with Gasteiger partial charge in [-0.05, 0) is 43.2 Å². The van der Waals surface area contributed by atoms with Gasteiger partial charge in [-0.1, -0.05) is 42.1 Å². The maximum Gasteiger partial charge on any atom is 0.288 e. The van der Waals surface area contributed by atoms with Gasteiger partial charge in [0.25, 0.3) is 10.8 Å². The summed E-state index contributed by atoms with van der Waals surface area (Å²) in [6.45, 7) is 2.30. The van der Waals surface area contributed by atoms with Crippen LogP contribution in [0.3, 0.4) is 0 Å². The lowest BCUT2D eigenvalue weighted by Crippen LogP contribution is -2.35. The lowest BCUT2D eigenvalue weighted by molar-refractivity contribution is -0.124. The second-order valence-electron chi connectivity index (χ2n) is 7.75. The van der Waals surface area contributed by atoms with E-state index in [1.165, 1.54) is 15.3 Å². The Kier molecular flexibility index (Phi) is 4.99. The number of imide groups is 1. The molecule has 0 N–H and O–H groups in total. The zero-order chi connectivity index (χ0) is 20.8. The van der Waals surface area contributed by atoms with Gasteiger partial charge in [0.15, 0.2) is 0 Å². The van der Waals surface area contributed by atoms with Gasteiger partial charge in [0.2, 0.25) is 5.91 Å². The maximum absolute atomic E-state index is 13.3. The zero-order valence-electron chi connectivity index (χ0n) is 16.6. The van der Waals surface area contributed by atoms with Gasteiger partial charge < -0.3 is 0 Å². The number of benzene rings is 1. The van der Waals surface area contributed by atoms with E-state index in [0.717, 1.165) is 46.8 Å². The number of amides is 2. The number of thiophene rings is 1. The van der Waals surface area contributed by atoms with Crippen molar-refractivity contribution >= 4 is 44.5 Å². The molecule has 2 aliphatic rings. The second kappa shape index (κ2) is 7.67. The first-order chi connectivity index (χ1) is 14.5. The molecule has 30 heavy (non-hydrogen) atoms. The molecular weight excluding hydrogens is 418 g/mol. The third-order valence-corrected chi connectivity index (χ3v) is 8.03. The van der Waals surface area contributed by atoms with E-state index >= 15 is 0 Å². The lowest BCUT2D eigenvalue weighted by atomic mass is 9.83. The van der Waals surface area contributed by atoms with E-state index in [-0.39, 0.29) is 35.5 Å². The van der Waals surface area contributed by atoms with E-state index in [9.17, 15) is 14.4 Å². The summed E-state index contributed by atoms with van der Waals surface area (Å²) in [5.74, 6) is 1.09. The number of aryl methyl sites for hydroxylation is 2. The molecule has 2 amide bonds. The van der Waals surface area contributed by atoms with Crippen LogP contribution in [0.2, 0.25) is 0 Å². The molecule has 3 aromatic rings. The third kappa shape index (κ3) is 3.28. The van der Waals surface area contributed by atoms with Crippen molar-refractivity contribution in [1.82, 2.24) is 14.5 Å². The summed E-state index contributed by atoms with van der Waals surface area (Å²) in [6, 6.07) is 10.5. The van der Waals surface area contributed by atoms with Crippen LogP contribution < -0.4 is 5.56 Å². The lowest BCUT2D eigenvalue weighted by Gasteiger charge is -2.22. The van der Waals surface area contributed by atoms with E-state index in [1.807, 2.05) is 13.0 Å². The predicted octanol–water partition coefficient (Wildman–Crippen LogP) is 3.73. The molecule has 1 atom stereocenters. The largest absolute Gasteiger partial charge is 0.294 e. The highest BCUT2D eigenvalue weighted by atomic mass is 32.2. The first-order valence-corrected chi connectivity index (χ1v) is 11.9. The number of rotatable bonds is 4. The van der Waals surface area contributed by atoms with Crippen molar-refractivity contribution in [3.05, 3.63) is 62.5 Å². The monoisotopic (exact) mass is 439 g/mol. The fraction of sp³-hybridized carbons (Fsp3) is 0.364. The number of hydrogen-bond acceptors (Lipinski definition) is 6. The minimum atomic E-state index is -0.236. The third-order valence-electron chi connectivity index (χ3n) is 6.02. The first kappa shape index (κ1) is 19.5. The Balaban J connectivity index is 1.47. The molecule has 1 unspecified atom stereocenters. The van der Waals surface area contributed by atoms with Crippen molar-refractivity contribution in [2.45, 2.75) is 38.6 Å². The van der Waals surface area contributed by atoms with Gasteiger partial charge >= 0.3 is 0 Å². The highest BCUT2D eigenvalue weighted by Crippen LogP contribution is 2.39. The summed E-state index contributed by atoms with van der Waals surface area (Å²) in [5, 5.41) is 0.486. The van der Waals surface area contributed by atoms with E-state index in [2.05, 4.69) is 24.3 Å². The molecule has 0 radical (unpaired) electrons. The summed E-state index contributed by atoms with van der Waals surface area (Å²) >= 11 is 2.65. The molecule has 154 valence electrons. The molecule has 5 rings (SSSR count). The number of thioether (sulfide) groups is 1. The second-order valence-corrected chi connectivity index (χ2v) is 9.76. The fourth-order valence-electron chi connectivity index (χ4n) is 4.43. The van der Waals surface area contributed by atoms with Gasteiger partial charge in [0, 0.05) is 18.0 Å². The molecule has 0 bridgehead atoms. The maximum atomic E-state index is 13.3. The fourth-order valence-corrected chi connectivity index (χ4v) is 6.52. The van der Waals surface area contributed by atoms with Crippen LogP contribution in [-0.4, -0.2) is 37.9 Å².